The van der Waals surface area contributed by atoms with E-state index >= 15 is 0 Å². The number of amides is 4. The zero-order valence-electron chi connectivity index (χ0n) is 17.7. The number of urea groups is 1. The lowest BCUT2D eigenvalue weighted by atomic mass is 10.1. The van der Waals surface area contributed by atoms with Crippen LogP contribution in [0, 0.1) is 12.7 Å². The predicted molar refractivity (Wildman–Crippen MR) is 127 cm³/mol. The second-order valence-electron chi connectivity index (χ2n) is 7.15. The topological polar surface area (TPSA) is 99.3 Å². The second kappa shape index (κ2) is 11.1. The Balaban J connectivity index is 1.51. The molecule has 0 saturated carbocycles. The summed E-state index contributed by atoms with van der Waals surface area (Å²) in [5.74, 6) is -1.37. The van der Waals surface area contributed by atoms with Gasteiger partial charge in [0.2, 0.25) is 5.91 Å². The van der Waals surface area contributed by atoms with Crippen LogP contribution >= 0.6 is 11.6 Å². The molecule has 0 aliphatic heterocycles. The van der Waals surface area contributed by atoms with E-state index in [2.05, 4.69) is 21.3 Å². The monoisotopic (exact) mass is 468 g/mol. The van der Waals surface area contributed by atoms with E-state index in [0.717, 1.165) is 17.7 Å². The van der Waals surface area contributed by atoms with Gasteiger partial charge >= 0.3 is 6.03 Å². The van der Waals surface area contributed by atoms with Gasteiger partial charge in [-0.3, -0.25) is 9.59 Å². The molecule has 33 heavy (non-hydrogen) atoms. The summed E-state index contributed by atoms with van der Waals surface area (Å²) in [4.78, 5) is 36.7. The molecule has 0 aliphatic carbocycles. The Morgan fingerprint density at radius 2 is 1.61 bits per heavy atom. The molecule has 3 aromatic rings. The molecular weight excluding hydrogens is 447 g/mol. The highest BCUT2D eigenvalue weighted by Crippen LogP contribution is 2.21. The fourth-order valence-corrected chi connectivity index (χ4v) is 3.17. The minimum Gasteiger partial charge on any atom is -0.351 e. The maximum atomic E-state index is 13.1. The number of aryl methyl sites for hydroxylation is 1. The van der Waals surface area contributed by atoms with Crippen molar-refractivity contribution in [1.29, 1.82) is 0 Å². The molecule has 0 aliphatic rings. The van der Waals surface area contributed by atoms with Gasteiger partial charge in [0, 0.05) is 30.0 Å². The minimum absolute atomic E-state index is 0.00630. The highest BCUT2D eigenvalue weighted by atomic mass is 35.5. The van der Waals surface area contributed by atoms with Crippen molar-refractivity contribution in [2.24, 2.45) is 0 Å². The molecule has 3 aromatic carbocycles. The van der Waals surface area contributed by atoms with Crippen LogP contribution in [-0.4, -0.2) is 24.4 Å². The summed E-state index contributed by atoms with van der Waals surface area (Å²) in [5.41, 5.74) is 2.62. The summed E-state index contributed by atoms with van der Waals surface area (Å²) in [7, 11) is 0. The molecule has 0 atom stereocenters. The third kappa shape index (κ3) is 7.05. The lowest BCUT2D eigenvalue weighted by Gasteiger charge is -2.12. The largest absolute Gasteiger partial charge is 0.351 e. The third-order valence-corrected chi connectivity index (χ3v) is 4.93. The van der Waals surface area contributed by atoms with Crippen molar-refractivity contribution in [2.75, 3.05) is 22.5 Å². The lowest BCUT2D eigenvalue weighted by molar-refractivity contribution is -0.116. The number of rotatable bonds is 7. The van der Waals surface area contributed by atoms with Gasteiger partial charge in [-0.2, -0.15) is 0 Å². The number of anilines is 3. The van der Waals surface area contributed by atoms with E-state index in [1.54, 1.807) is 30.3 Å². The van der Waals surface area contributed by atoms with Gasteiger partial charge in [0.1, 0.15) is 5.82 Å². The molecule has 0 heterocycles. The molecule has 0 spiro atoms. The molecular formula is C24H22ClFN4O3. The molecule has 9 heteroatoms. The molecule has 0 fully saturated rings. The third-order valence-electron chi connectivity index (χ3n) is 4.61. The Labute approximate surface area is 195 Å². The molecule has 0 radical (unpaired) electrons. The fraction of sp³-hybridized carbons (Fsp3) is 0.125. The zero-order valence-corrected chi connectivity index (χ0v) is 18.5. The standard InChI is InChI=1S/C24H22ClFN4O3/c1-15-7-9-18(29-24(33)28-17-5-3-2-4-6-17)14-21(15)30-22(31)11-12-27-23(32)19-10-8-16(26)13-20(19)25/h2-10,13-14H,11-12H2,1H3,(H,27,32)(H,30,31)(H2,28,29,33). The molecule has 7 nitrogen and oxygen atoms in total. The van der Waals surface area contributed by atoms with Gasteiger partial charge in [-0.15, -0.1) is 0 Å². The molecule has 0 aromatic heterocycles. The first-order valence-electron chi connectivity index (χ1n) is 10.1. The fourth-order valence-electron chi connectivity index (χ4n) is 2.92. The summed E-state index contributed by atoms with van der Waals surface area (Å²) < 4.78 is 13.1. The average molecular weight is 469 g/mol. The van der Waals surface area contributed by atoms with Crippen LogP contribution in [0.1, 0.15) is 22.3 Å². The zero-order chi connectivity index (χ0) is 23.8. The van der Waals surface area contributed by atoms with E-state index in [9.17, 15) is 18.8 Å². The van der Waals surface area contributed by atoms with Crippen molar-refractivity contribution < 1.29 is 18.8 Å². The summed E-state index contributed by atoms with van der Waals surface area (Å²) >= 11 is 5.87. The van der Waals surface area contributed by atoms with Crippen LogP contribution in [0.4, 0.5) is 26.2 Å². The molecule has 3 rings (SSSR count). The van der Waals surface area contributed by atoms with E-state index in [1.165, 1.54) is 6.07 Å². The summed E-state index contributed by atoms with van der Waals surface area (Å²) in [6.07, 6.45) is 0.0101. The highest BCUT2D eigenvalue weighted by Gasteiger charge is 2.12. The number of hydrogen-bond donors (Lipinski definition) is 4. The van der Waals surface area contributed by atoms with Crippen LogP contribution in [0.5, 0.6) is 0 Å². The smallest absolute Gasteiger partial charge is 0.323 e. The van der Waals surface area contributed by atoms with Crippen molar-refractivity contribution in [3.8, 4) is 0 Å². The minimum atomic E-state index is -0.541. The number of hydrogen-bond acceptors (Lipinski definition) is 3. The Kier molecular flexibility index (Phi) is 7.99. The van der Waals surface area contributed by atoms with Gasteiger partial charge in [0.05, 0.1) is 10.6 Å². The lowest BCUT2D eigenvalue weighted by Crippen LogP contribution is -2.28. The summed E-state index contributed by atoms with van der Waals surface area (Å²) in [6.45, 7) is 1.89. The Bertz CT molecular complexity index is 1170. The van der Waals surface area contributed by atoms with Gasteiger partial charge in [-0.1, -0.05) is 35.9 Å². The van der Waals surface area contributed by atoms with E-state index < -0.39 is 17.8 Å². The summed E-state index contributed by atoms with van der Waals surface area (Å²) in [5, 5.41) is 10.8. The van der Waals surface area contributed by atoms with E-state index in [-0.39, 0.29) is 29.5 Å². The van der Waals surface area contributed by atoms with Gasteiger partial charge < -0.3 is 21.3 Å². The number of halogens is 2. The van der Waals surface area contributed by atoms with Crippen LogP contribution in [0.15, 0.2) is 66.7 Å². The van der Waals surface area contributed by atoms with E-state index in [4.69, 9.17) is 11.6 Å². The molecule has 0 saturated heterocycles. The van der Waals surface area contributed by atoms with Gasteiger partial charge in [0.25, 0.3) is 5.91 Å². The van der Waals surface area contributed by atoms with Crippen molar-refractivity contribution in [1.82, 2.24) is 5.32 Å². The molecule has 0 bridgehead atoms. The first kappa shape index (κ1) is 23.7. The van der Waals surface area contributed by atoms with Crippen LogP contribution in [-0.2, 0) is 4.79 Å². The number of benzene rings is 3. The van der Waals surface area contributed by atoms with Crippen molar-refractivity contribution in [3.63, 3.8) is 0 Å². The quantitative estimate of drug-likeness (QED) is 0.384. The van der Waals surface area contributed by atoms with Crippen molar-refractivity contribution >= 4 is 46.5 Å². The first-order chi connectivity index (χ1) is 15.8. The van der Waals surface area contributed by atoms with E-state index in [1.807, 2.05) is 25.1 Å². The first-order valence-corrected chi connectivity index (χ1v) is 10.5. The average Bonchev–Trinajstić information content (AvgIpc) is 2.76. The SMILES string of the molecule is Cc1ccc(NC(=O)Nc2ccccc2)cc1NC(=O)CCNC(=O)c1ccc(F)cc1Cl. The van der Waals surface area contributed by atoms with Gasteiger partial charge in [-0.25, -0.2) is 9.18 Å². The molecule has 170 valence electrons. The summed E-state index contributed by atoms with van der Waals surface area (Å²) in [6, 6.07) is 17.2. The van der Waals surface area contributed by atoms with Crippen LogP contribution < -0.4 is 21.3 Å². The number of carbonyl (C=O) groups excluding carboxylic acids is 3. The van der Waals surface area contributed by atoms with Crippen LogP contribution in [0.3, 0.4) is 0 Å². The molecule has 0 unspecified atom stereocenters. The maximum Gasteiger partial charge on any atom is 0.323 e. The van der Waals surface area contributed by atoms with Crippen molar-refractivity contribution in [3.05, 3.63) is 88.7 Å². The van der Waals surface area contributed by atoms with E-state index in [0.29, 0.717) is 17.1 Å². The number of carbonyl (C=O) groups is 3. The molecule has 4 N–H and O–H groups in total. The number of nitrogens with one attached hydrogen (secondary N) is 4. The van der Waals surface area contributed by atoms with Crippen LogP contribution in [0.25, 0.3) is 0 Å². The maximum absolute atomic E-state index is 13.1. The highest BCUT2D eigenvalue weighted by molar-refractivity contribution is 6.33. The predicted octanol–water partition coefficient (Wildman–Crippen LogP) is 5.19. The number of para-hydroxylation sites is 1. The normalized spacial score (nSPS) is 10.3. The molecule has 4 amide bonds. The second-order valence-corrected chi connectivity index (χ2v) is 7.56. The van der Waals surface area contributed by atoms with Gasteiger partial charge in [-0.05, 0) is 55.0 Å². The Hall–Kier alpha value is -3.91. The van der Waals surface area contributed by atoms with Crippen LogP contribution in [0.2, 0.25) is 5.02 Å². The van der Waals surface area contributed by atoms with Gasteiger partial charge in [0.15, 0.2) is 0 Å². The van der Waals surface area contributed by atoms with Crippen molar-refractivity contribution in [2.45, 2.75) is 13.3 Å². The Morgan fingerprint density at radius 3 is 2.33 bits per heavy atom. The Morgan fingerprint density at radius 1 is 0.879 bits per heavy atom.